The summed E-state index contributed by atoms with van der Waals surface area (Å²) in [4.78, 5) is 20.8. The highest BCUT2D eigenvalue weighted by atomic mass is 16.5. The molecule has 3 aromatic heterocycles. The van der Waals surface area contributed by atoms with Crippen LogP contribution in [0.5, 0.6) is 0 Å². The second-order valence-corrected chi connectivity index (χ2v) is 6.40. The lowest BCUT2D eigenvalue weighted by Gasteiger charge is -2.28. The SMILES string of the molecule is Cn1nccc1C(=O)NC(c1nc(-c2ncn[nH]2)no1)C(C)(C)C. The van der Waals surface area contributed by atoms with Crippen LogP contribution < -0.4 is 5.32 Å². The van der Waals surface area contributed by atoms with Crippen LogP contribution in [-0.4, -0.2) is 41.0 Å². The zero-order chi connectivity index (χ0) is 17.3. The molecule has 1 atom stereocenters. The van der Waals surface area contributed by atoms with E-state index in [1.165, 1.54) is 11.0 Å². The molecule has 126 valence electrons. The molecule has 2 N–H and O–H groups in total. The van der Waals surface area contributed by atoms with Gasteiger partial charge in [0.1, 0.15) is 18.1 Å². The van der Waals surface area contributed by atoms with Crippen LogP contribution in [-0.2, 0) is 7.05 Å². The molecule has 0 aliphatic rings. The van der Waals surface area contributed by atoms with E-state index >= 15 is 0 Å². The average Bonchev–Trinajstić information content (AvgIpc) is 3.23. The molecule has 10 heteroatoms. The van der Waals surface area contributed by atoms with E-state index in [0.29, 0.717) is 17.4 Å². The average molecular weight is 330 g/mol. The quantitative estimate of drug-likeness (QED) is 0.733. The van der Waals surface area contributed by atoms with Crippen LogP contribution in [0.2, 0.25) is 0 Å². The number of hydrogen-bond donors (Lipinski definition) is 2. The fourth-order valence-electron chi connectivity index (χ4n) is 2.21. The van der Waals surface area contributed by atoms with Crippen LogP contribution in [0.3, 0.4) is 0 Å². The molecular weight excluding hydrogens is 312 g/mol. The number of H-pyrrole nitrogens is 1. The van der Waals surface area contributed by atoms with Gasteiger partial charge in [-0.3, -0.25) is 14.6 Å². The first kappa shape index (κ1) is 15.8. The number of aromatic nitrogens is 7. The van der Waals surface area contributed by atoms with Gasteiger partial charge in [0.2, 0.25) is 11.7 Å². The van der Waals surface area contributed by atoms with Gasteiger partial charge >= 0.3 is 0 Å². The minimum Gasteiger partial charge on any atom is -0.338 e. The molecular formula is C14H18N8O2. The van der Waals surface area contributed by atoms with Crippen LogP contribution in [0.25, 0.3) is 11.6 Å². The van der Waals surface area contributed by atoms with Gasteiger partial charge in [-0.25, -0.2) is 4.98 Å². The third-order valence-electron chi connectivity index (χ3n) is 3.51. The highest BCUT2D eigenvalue weighted by Gasteiger charge is 2.34. The maximum atomic E-state index is 12.5. The van der Waals surface area contributed by atoms with Crippen molar-refractivity contribution in [3.63, 3.8) is 0 Å². The fraction of sp³-hybridized carbons (Fsp3) is 0.429. The highest BCUT2D eigenvalue weighted by molar-refractivity contribution is 5.92. The lowest BCUT2D eigenvalue weighted by Crippen LogP contribution is -2.37. The van der Waals surface area contributed by atoms with Gasteiger partial charge in [-0.05, 0) is 11.5 Å². The summed E-state index contributed by atoms with van der Waals surface area (Å²) in [5.74, 6) is 0.709. The van der Waals surface area contributed by atoms with Crippen LogP contribution in [0.1, 0.15) is 43.2 Å². The van der Waals surface area contributed by atoms with E-state index in [4.69, 9.17) is 4.52 Å². The summed E-state index contributed by atoms with van der Waals surface area (Å²) < 4.78 is 6.84. The van der Waals surface area contributed by atoms with Crippen LogP contribution >= 0.6 is 0 Å². The third-order valence-corrected chi connectivity index (χ3v) is 3.51. The van der Waals surface area contributed by atoms with Crippen molar-refractivity contribution in [1.29, 1.82) is 0 Å². The molecule has 1 amide bonds. The Morgan fingerprint density at radius 3 is 2.79 bits per heavy atom. The molecule has 1 unspecified atom stereocenters. The van der Waals surface area contributed by atoms with Crippen molar-refractivity contribution in [2.24, 2.45) is 12.5 Å². The number of hydrogen-bond acceptors (Lipinski definition) is 7. The molecule has 3 rings (SSSR count). The second kappa shape index (κ2) is 5.87. The number of aromatic amines is 1. The molecule has 0 spiro atoms. The van der Waals surface area contributed by atoms with Crippen molar-refractivity contribution in [3.8, 4) is 11.6 Å². The number of aryl methyl sites for hydroxylation is 1. The standard InChI is InChI=1S/C14H18N8O2/c1-14(2,3)9(18-12(23)8-5-6-17-22(8)4)13-19-11(21-24-13)10-15-7-16-20-10/h5-7,9H,1-4H3,(H,18,23)(H,15,16,20). The number of nitrogens with one attached hydrogen (secondary N) is 2. The first-order chi connectivity index (χ1) is 11.4. The number of carbonyl (C=O) groups excluding carboxylic acids is 1. The molecule has 10 nitrogen and oxygen atoms in total. The van der Waals surface area contributed by atoms with Crippen molar-refractivity contribution >= 4 is 5.91 Å². The van der Waals surface area contributed by atoms with Crippen molar-refractivity contribution < 1.29 is 9.32 Å². The summed E-state index contributed by atoms with van der Waals surface area (Å²) in [7, 11) is 1.70. The maximum Gasteiger partial charge on any atom is 0.270 e. The van der Waals surface area contributed by atoms with Gasteiger partial charge in [0, 0.05) is 13.2 Å². The summed E-state index contributed by atoms with van der Waals surface area (Å²) in [6, 6.07) is 1.16. The zero-order valence-electron chi connectivity index (χ0n) is 13.8. The van der Waals surface area contributed by atoms with E-state index in [-0.39, 0.29) is 17.1 Å². The normalized spacial score (nSPS) is 13.0. The first-order valence-electron chi connectivity index (χ1n) is 7.34. The van der Waals surface area contributed by atoms with Crippen LogP contribution in [0.4, 0.5) is 0 Å². The van der Waals surface area contributed by atoms with Crippen molar-refractivity contribution in [2.75, 3.05) is 0 Å². The van der Waals surface area contributed by atoms with Gasteiger partial charge in [0.05, 0.1) is 0 Å². The van der Waals surface area contributed by atoms with E-state index in [1.807, 2.05) is 20.8 Å². The smallest absolute Gasteiger partial charge is 0.270 e. The van der Waals surface area contributed by atoms with Gasteiger partial charge in [0.15, 0.2) is 5.82 Å². The summed E-state index contributed by atoms with van der Waals surface area (Å²) in [6.07, 6.45) is 2.92. The van der Waals surface area contributed by atoms with Gasteiger partial charge in [-0.1, -0.05) is 25.9 Å². The Labute approximate surface area is 137 Å². The van der Waals surface area contributed by atoms with E-state index in [0.717, 1.165) is 0 Å². The first-order valence-corrected chi connectivity index (χ1v) is 7.34. The monoisotopic (exact) mass is 330 g/mol. The molecule has 0 bridgehead atoms. The predicted octanol–water partition coefficient (Wildman–Crippen LogP) is 1.11. The number of nitrogens with zero attached hydrogens (tertiary/aromatic N) is 6. The minimum absolute atomic E-state index is 0.269. The lowest BCUT2D eigenvalue weighted by atomic mass is 9.86. The second-order valence-electron chi connectivity index (χ2n) is 6.40. The highest BCUT2D eigenvalue weighted by Crippen LogP contribution is 2.32. The number of amides is 1. The zero-order valence-corrected chi connectivity index (χ0v) is 13.8. The van der Waals surface area contributed by atoms with E-state index in [1.54, 1.807) is 19.3 Å². The van der Waals surface area contributed by atoms with Gasteiger partial charge in [-0.15, -0.1) is 0 Å². The Hall–Kier alpha value is -3.04. The van der Waals surface area contributed by atoms with Gasteiger partial charge < -0.3 is 9.84 Å². The maximum absolute atomic E-state index is 12.5. The molecule has 0 fully saturated rings. The van der Waals surface area contributed by atoms with Crippen LogP contribution in [0, 0.1) is 5.41 Å². The topological polar surface area (TPSA) is 127 Å². The molecule has 3 heterocycles. The molecule has 0 aliphatic heterocycles. The van der Waals surface area contributed by atoms with Crippen molar-refractivity contribution in [3.05, 3.63) is 30.2 Å². The van der Waals surface area contributed by atoms with E-state index < -0.39 is 6.04 Å². The van der Waals surface area contributed by atoms with Crippen LogP contribution in [0.15, 0.2) is 23.1 Å². The summed E-state index contributed by atoms with van der Waals surface area (Å²) in [5, 5.41) is 17.3. The third kappa shape index (κ3) is 3.03. The predicted molar refractivity (Wildman–Crippen MR) is 82.5 cm³/mol. The van der Waals surface area contributed by atoms with Crippen molar-refractivity contribution in [1.82, 2.24) is 40.4 Å². The molecule has 0 saturated carbocycles. The molecule has 24 heavy (non-hydrogen) atoms. The summed E-state index contributed by atoms with van der Waals surface area (Å²) in [5.41, 5.74) is 0.0960. The van der Waals surface area contributed by atoms with Crippen molar-refractivity contribution in [2.45, 2.75) is 26.8 Å². The Kier molecular flexibility index (Phi) is 3.87. The number of rotatable bonds is 4. The van der Waals surface area contributed by atoms with E-state index in [9.17, 15) is 4.79 Å². The fourth-order valence-corrected chi connectivity index (χ4v) is 2.21. The number of carbonyl (C=O) groups is 1. The van der Waals surface area contributed by atoms with Gasteiger partial charge in [-0.2, -0.15) is 15.2 Å². The summed E-state index contributed by atoms with van der Waals surface area (Å²) in [6.45, 7) is 5.92. The minimum atomic E-state index is -0.482. The Balaban J connectivity index is 1.88. The molecule has 0 radical (unpaired) electrons. The molecule has 0 aromatic carbocycles. The van der Waals surface area contributed by atoms with E-state index in [2.05, 4.69) is 35.7 Å². The Morgan fingerprint density at radius 2 is 2.21 bits per heavy atom. The lowest BCUT2D eigenvalue weighted by molar-refractivity contribution is 0.0871. The molecule has 0 saturated heterocycles. The van der Waals surface area contributed by atoms with Gasteiger partial charge in [0.25, 0.3) is 5.91 Å². The summed E-state index contributed by atoms with van der Waals surface area (Å²) >= 11 is 0. The largest absolute Gasteiger partial charge is 0.338 e. The Morgan fingerprint density at radius 1 is 1.42 bits per heavy atom. The Bertz CT molecular complexity index is 827. The molecule has 3 aromatic rings. The molecule has 0 aliphatic carbocycles.